The monoisotopic (exact) mass is 405 g/mol. The molecule has 3 heterocycles. The second kappa shape index (κ2) is 7.29. The van der Waals surface area contributed by atoms with Gasteiger partial charge in [0.1, 0.15) is 16.9 Å². The SMILES string of the molecule is CCCc1nn(C)c2c(Nc3ccc4c(c3)OCO4)nc(-c3ccc(F)cc3)nc12. The molecule has 2 aromatic heterocycles. The van der Waals surface area contributed by atoms with Crippen molar-refractivity contribution in [2.45, 2.75) is 19.8 Å². The number of nitrogens with one attached hydrogen (secondary N) is 1. The molecule has 0 fully saturated rings. The fraction of sp³-hybridized carbons (Fsp3) is 0.227. The van der Waals surface area contributed by atoms with Crippen LogP contribution in [0.1, 0.15) is 19.0 Å². The standard InChI is InChI=1S/C22H20FN5O2/c1-3-4-16-19-20(28(2)27-16)22(24-15-9-10-17-18(11-15)30-12-29-17)26-21(25-19)13-5-7-14(23)8-6-13/h5-11H,3-4,12H2,1-2H3,(H,24,25,26). The lowest BCUT2D eigenvalue weighted by molar-refractivity contribution is 0.174. The van der Waals surface area contributed by atoms with E-state index in [4.69, 9.17) is 19.4 Å². The molecule has 0 aliphatic carbocycles. The average molecular weight is 405 g/mol. The van der Waals surface area contributed by atoms with Crippen molar-refractivity contribution < 1.29 is 13.9 Å². The summed E-state index contributed by atoms with van der Waals surface area (Å²) in [5.41, 5.74) is 4.05. The van der Waals surface area contributed by atoms with Crippen LogP contribution in [0, 0.1) is 5.82 Å². The first-order chi connectivity index (χ1) is 14.6. The molecule has 0 saturated heterocycles. The molecule has 8 heteroatoms. The Morgan fingerprint density at radius 2 is 1.87 bits per heavy atom. The van der Waals surface area contributed by atoms with Crippen molar-refractivity contribution in [3.8, 4) is 22.9 Å². The van der Waals surface area contributed by atoms with Crippen LogP contribution in [-0.2, 0) is 13.5 Å². The van der Waals surface area contributed by atoms with Gasteiger partial charge in [0.05, 0.1) is 5.69 Å². The van der Waals surface area contributed by atoms with Crippen LogP contribution >= 0.6 is 0 Å². The number of anilines is 2. The molecule has 0 radical (unpaired) electrons. The van der Waals surface area contributed by atoms with Gasteiger partial charge in [-0.1, -0.05) is 13.3 Å². The Kier molecular flexibility index (Phi) is 4.46. The molecular weight excluding hydrogens is 385 g/mol. The van der Waals surface area contributed by atoms with Crippen molar-refractivity contribution in [3.05, 3.63) is 54.0 Å². The first kappa shape index (κ1) is 18.4. The molecule has 30 heavy (non-hydrogen) atoms. The molecule has 0 atom stereocenters. The summed E-state index contributed by atoms with van der Waals surface area (Å²) in [6.45, 7) is 2.32. The largest absolute Gasteiger partial charge is 0.454 e. The Hall–Kier alpha value is -3.68. The minimum atomic E-state index is -0.299. The van der Waals surface area contributed by atoms with Gasteiger partial charge in [-0.25, -0.2) is 14.4 Å². The van der Waals surface area contributed by atoms with Crippen LogP contribution in [0.5, 0.6) is 11.5 Å². The molecule has 7 nitrogen and oxygen atoms in total. The molecule has 0 amide bonds. The molecule has 1 N–H and O–H groups in total. The number of fused-ring (bicyclic) bond motifs is 2. The summed E-state index contributed by atoms with van der Waals surface area (Å²) in [7, 11) is 1.88. The average Bonchev–Trinajstić information content (AvgIpc) is 3.33. The highest BCUT2D eigenvalue weighted by molar-refractivity contribution is 5.91. The van der Waals surface area contributed by atoms with Crippen molar-refractivity contribution >= 4 is 22.5 Å². The summed E-state index contributed by atoms with van der Waals surface area (Å²) in [4.78, 5) is 9.52. The molecule has 152 valence electrons. The van der Waals surface area contributed by atoms with Crippen LogP contribution in [0.15, 0.2) is 42.5 Å². The van der Waals surface area contributed by atoms with Gasteiger partial charge in [-0.05, 0) is 42.8 Å². The van der Waals surface area contributed by atoms with E-state index in [-0.39, 0.29) is 12.6 Å². The van der Waals surface area contributed by atoms with Crippen molar-refractivity contribution in [1.29, 1.82) is 0 Å². The summed E-state index contributed by atoms with van der Waals surface area (Å²) in [5, 5.41) is 8.03. The number of aryl methyl sites for hydroxylation is 2. The quantitative estimate of drug-likeness (QED) is 0.523. The fourth-order valence-corrected chi connectivity index (χ4v) is 3.57. The maximum atomic E-state index is 13.4. The van der Waals surface area contributed by atoms with Crippen LogP contribution in [0.2, 0.25) is 0 Å². The van der Waals surface area contributed by atoms with Crippen LogP contribution in [0.4, 0.5) is 15.9 Å². The lowest BCUT2D eigenvalue weighted by Crippen LogP contribution is -2.02. The highest BCUT2D eigenvalue weighted by Crippen LogP contribution is 2.36. The first-order valence-corrected chi connectivity index (χ1v) is 9.78. The van der Waals surface area contributed by atoms with Gasteiger partial charge in [0.2, 0.25) is 6.79 Å². The van der Waals surface area contributed by atoms with Gasteiger partial charge in [-0.3, -0.25) is 4.68 Å². The van der Waals surface area contributed by atoms with Crippen LogP contribution < -0.4 is 14.8 Å². The Bertz CT molecular complexity index is 1240. The zero-order chi connectivity index (χ0) is 20.7. The summed E-state index contributed by atoms with van der Waals surface area (Å²) in [5.74, 6) is 2.23. The van der Waals surface area contributed by atoms with Gasteiger partial charge in [0.15, 0.2) is 23.1 Å². The summed E-state index contributed by atoms with van der Waals surface area (Å²) in [6.07, 6.45) is 1.76. The Morgan fingerprint density at radius 3 is 2.67 bits per heavy atom. The van der Waals surface area contributed by atoms with E-state index in [1.54, 1.807) is 16.8 Å². The van der Waals surface area contributed by atoms with Crippen molar-refractivity contribution in [2.75, 3.05) is 12.1 Å². The second-order valence-corrected chi connectivity index (χ2v) is 7.11. The number of hydrogen-bond donors (Lipinski definition) is 1. The minimum Gasteiger partial charge on any atom is -0.454 e. The zero-order valence-electron chi connectivity index (χ0n) is 16.6. The molecule has 0 spiro atoms. The van der Waals surface area contributed by atoms with Crippen LogP contribution in [0.25, 0.3) is 22.4 Å². The van der Waals surface area contributed by atoms with E-state index in [9.17, 15) is 4.39 Å². The zero-order valence-corrected chi connectivity index (χ0v) is 16.6. The van der Waals surface area contributed by atoms with E-state index in [2.05, 4.69) is 17.3 Å². The molecule has 4 aromatic rings. The number of aromatic nitrogens is 4. The van der Waals surface area contributed by atoms with E-state index >= 15 is 0 Å². The number of benzene rings is 2. The van der Waals surface area contributed by atoms with E-state index < -0.39 is 0 Å². The predicted octanol–water partition coefficient (Wildman–Crippen LogP) is 4.59. The Labute approximate surface area is 172 Å². The Morgan fingerprint density at radius 1 is 1.07 bits per heavy atom. The van der Waals surface area contributed by atoms with Crippen LogP contribution in [0.3, 0.4) is 0 Å². The van der Waals surface area contributed by atoms with E-state index in [1.165, 1.54) is 12.1 Å². The highest BCUT2D eigenvalue weighted by Gasteiger charge is 2.19. The normalized spacial score (nSPS) is 12.5. The molecule has 5 rings (SSSR count). The van der Waals surface area contributed by atoms with Gasteiger partial charge >= 0.3 is 0 Å². The molecule has 2 aromatic carbocycles. The number of rotatable bonds is 5. The Balaban J connectivity index is 1.65. The third kappa shape index (κ3) is 3.20. The first-order valence-electron chi connectivity index (χ1n) is 9.78. The van der Waals surface area contributed by atoms with E-state index in [1.807, 2.05) is 25.2 Å². The van der Waals surface area contributed by atoms with E-state index in [0.29, 0.717) is 23.1 Å². The molecule has 1 aliphatic rings. The molecular formula is C22H20FN5O2. The minimum absolute atomic E-state index is 0.216. The van der Waals surface area contributed by atoms with E-state index in [0.717, 1.165) is 40.8 Å². The van der Waals surface area contributed by atoms with Crippen LogP contribution in [-0.4, -0.2) is 26.5 Å². The third-order valence-corrected chi connectivity index (χ3v) is 4.98. The van der Waals surface area contributed by atoms with Crippen molar-refractivity contribution in [3.63, 3.8) is 0 Å². The molecule has 0 bridgehead atoms. The smallest absolute Gasteiger partial charge is 0.231 e. The lowest BCUT2D eigenvalue weighted by Gasteiger charge is -2.11. The van der Waals surface area contributed by atoms with Gasteiger partial charge in [0, 0.05) is 24.4 Å². The number of halogens is 1. The van der Waals surface area contributed by atoms with Gasteiger partial charge in [-0.2, -0.15) is 5.10 Å². The van der Waals surface area contributed by atoms with Crippen molar-refractivity contribution in [2.24, 2.45) is 7.05 Å². The van der Waals surface area contributed by atoms with Crippen molar-refractivity contribution in [1.82, 2.24) is 19.7 Å². The summed E-state index contributed by atoms with van der Waals surface area (Å²) in [6, 6.07) is 11.8. The maximum Gasteiger partial charge on any atom is 0.231 e. The van der Waals surface area contributed by atoms with Gasteiger partial charge in [-0.15, -0.1) is 0 Å². The fourth-order valence-electron chi connectivity index (χ4n) is 3.57. The number of hydrogen-bond acceptors (Lipinski definition) is 6. The predicted molar refractivity (Wildman–Crippen MR) is 112 cm³/mol. The summed E-state index contributed by atoms with van der Waals surface area (Å²) < 4.78 is 26.1. The molecule has 0 unspecified atom stereocenters. The van der Waals surface area contributed by atoms with Gasteiger partial charge < -0.3 is 14.8 Å². The number of ether oxygens (including phenoxy) is 2. The lowest BCUT2D eigenvalue weighted by atomic mass is 10.2. The third-order valence-electron chi connectivity index (χ3n) is 4.98. The second-order valence-electron chi connectivity index (χ2n) is 7.11. The maximum absolute atomic E-state index is 13.4. The summed E-state index contributed by atoms with van der Waals surface area (Å²) >= 11 is 0. The molecule has 0 saturated carbocycles. The highest BCUT2D eigenvalue weighted by atomic mass is 19.1. The number of nitrogens with zero attached hydrogens (tertiary/aromatic N) is 4. The van der Waals surface area contributed by atoms with Gasteiger partial charge in [0.25, 0.3) is 0 Å². The molecule has 1 aliphatic heterocycles. The topological polar surface area (TPSA) is 74.1 Å².